The molecule has 0 aliphatic heterocycles. The Hall–Kier alpha value is -8.40. The van der Waals surface area contributed by atoms with E-state index in [1.54, 1.807) is 0 Å². The largest absolute Gasteiger partial charge is 0.310 e. The summed E-state index contributed by atoms with van der Waals surface area (Å²) in [5.41, 5.74) is 17.5. The van der Waals surface area contributed by atoms with E-state index in [0.717, 1.165) is 34.0 Å². The monoisotopic (exact) mass is 803 g/mol. The molecular weight excluding hydrogens is 763 g/mol. The number of benzene rings is 10. The summed E-state index contributed by atoms with van der Waals surface area (Å²) in [4.78, 5) is 2.37. The van der Waals surface area contributed by atoms with E-state index < -0.39 is 0 Å². The highest BCUT2D eigenvalue weighted by Crippen LogP contribution is 2.42. The zero-order valence-electron chi connectivity index (χ0n) is 34.5. The number of anilines is 3. The summed E-state index contributed by atoms with van der Waals surface area (Å²) < 4.78 is 4.82. The van der Waals surface area contributed by atoms with Gasteiger partial charge in [0.15, 0.2) is 0 Å². The van der Waals surface area contributed by atoms with E-state index in [1.165, 1.54) is 71.5 Å². The summed E-state index contributed by atoms with van der Waals surface area (Å²) in [6.07, 6.45) is 0. The van der Waals surface area contributed by atoms with Gasteiger partial charge in [-0.3, -0.25) is 0 Å². The molecule has 0 spiro atoms. The van der Waals surface area contributed by atoms with Crippen LogP contribution in [0.2, 0.25) is 0 Å². The fourth-order valence-corrected chi connectivity index (χ4v) is 9.51. The third kappa shape index (κ3) is 6.38. The minimum Gasteiger partial charge on any atom is -0.310 e. The highest BCUT2D eigenvalue weighted by atomic mass is 15.1. The molecule has 0 amide bonds. The smallest absolute Gasteiger partial charge is 0.0561 e. The van der Waals surface area contributed by atoms with Gasteiger partial charge in [-0.25, -0.2) is 0 Å². The first-order valence-electron chi connectivity index (χ1n) is 21.6. The van der Waals surface area contributed by atoms with Gasteiger partial charge in [-0.05, 0) is 124 Å². The molecule has 0 aliphatic carbocycles. The predicted octanol–water partition coefficient (Wildman–Crippen LogP) is 16.4. The number of fused-ring (bicyclic) bond motifs is 6. The molecule has 2 heterocycles. The third-order valence-electron chi connectivity index (χ3n) is 12.5. The molecule has 3 nitrogen and oxygen atoms in total. The quantitative estimate of drug-likeness (QED) is 0.149. The average molecular weight is 804 g/mol. The van der Waals surface area contributed by atoms with Crippen LogP contribution in [0.3, 0.4) is 0 Å². The Kier molecular flexibility index (Phi) is 8.83. The van der Waals surface area contributed by atoms with Gasteiger partial charge in [0.1, 0.15) is 0 Å². The molecule has 63 heavy (non-hydrogen) atoms. The molecule has 0 fully saturated rings. The maximum absolute atomic E-state index is 2.42. The lowest BCUT2D eigenvalue weighted by Crippen LogP contribution is -2.10. The average Bonchev–Trinajstić information content (AvgIpc) is 3.87. The lowest BCUT2D eigenvalue weighted by molar-refractivity contribution is 1.17. The van der Waals surface area contributed by atoms with Crippen LogP contribution in [0.1, 0.15) is 0 Å². The van der Waals surface area contributed by atoms with E-state index in [9.17, 15) is 0 Å². The summed E-state index contributed by atoms with van der Waals surface area (Å²) >= 11 is 0. The normalized spacial score (nSPS) is 11.5. The Morgan fingerprint density at radius 2 is 0.603 bits per heavy atom. The van der Waals surface area contributed by atoms with E-state index >= 15 is 0 Å². The van der Waals surface area contributed by atoms with Crippen molar-refractivity contribution < 1.29 is 0 Å². The summed E-state index contributed by atoms with van der Waals surface area (Å²) in [5, 5.41) is 4.93. The van der Waals surface area contributed by atoms with Crippen molar-refractivity contribution in [3.8, 4) is 44.8 Å². The Bertz CT molecular complexity index is 3470. The molecule has 2 aromatic heterocycles. The fraction of sp³-hybridized carbons (Fsp3) is 0. The van der Waals surface area contributed by atoms with Crippen LogP contribution in [0.5, 0.6) is 0 Å². The molecule has 0 aliphatic rings. The number of rotatable bonds is 8. The minimum absolute atomic E-state index is 1.08. The summed E-state index contributed by atoms with van der Waals surface area (Å²) in [6.45, 7) is 0. The molecule has 0 radical (unpaired) electrons. The molecule has 296 valence electrons. The first kappa shape index (κ1) is 36.5. The third-order valence-corrected chi connectivity index (χ3v) is 12.5. The number of hydrogen-bond acceptors (Lipinski definition) is 1. The molecule has 0 atom stereocenters. The van der Waals surface area contributed by atoms with Crippen molar-refractivity contribution >= 4 is 60.7 Å². The molecule has 0 saturated carbocycles. The van der Waals surface area contributed by atoms with Gasteiger partial charge in [0.25, 0.3) is 0 Å². The molecule has 3 heteroatoms. The van der Waals surface area contributed by atoms with E-state index in [0.29, 0.717) is 0 Å². The molecule has 0 saturated heterocycles. The Balaban J connectivity index is 0.989. The van der Waals surface area contributed by atoms with Gasteiger partial charge in [-0.2, -0.15) is 0 Å². The summed E-state index contributed by atoms with van der Waals surface area (Å²) in [5.74, 6) is 0. The molecule has 10 aromatic carbocycles. The van der Waals surface area contributed by atoms with Crippen LogP contribution in [-0.2, 0) is 0 Å². The maximum atomic E-state index is 2.42. The minimum atomic E-state index is 1.08. The van der Waals surface area contributed by atoms with Crippen LogP contribution < -0.4 is 4.90 Å². The van der Waals surface area contributed by atoms with Gasteiger partial charge in [-0.15, -0.1) is 0 Å². The van der Waals surface area contributed by atoms with Crippen molar-refractivity contribution in [1.29, 1.82) is 0 Å². The lowest BCUT2D eigenvalue weighted by Gasteiger charge is -2.26. The number of hydrogen-bond donors (Lipinski definition) is 0. The van der Waals surface area contributed by atoms with Crippen LogP contribution >= 0.6 is 0 Å². The van der Waals surface area contributed by atoms with Gasteiger partial charge in [0.2, 0.25) is 0 Å². The standard InChI is InChI=1S/C60H41N3/c1-5-15-42(16-6-1)45-25-29-50(30-26-45)63-57-24-14-13-23-53(57)54-36-35-52(41-60(54)63)61(48-21-11-4-12-22-48)49-31-33-51(34-32-49)62-58-37-27-46(43-17-7-2-8-18-43)39-55(58)56-40-47(28-38-59(56)62)44-19-9-3-10-20-44/h1-41H. The van der Waals surface area contributed by atoms with Crippen molar-refractivity contribution in [3.05, 3.63) is 249 Å². The van der Waals surface area contributed by atoms with Gasteiger partial charge < -0.3 is 14.0 Å². The number of aromatic nitrogens is 2. The van der Waals surface area contributed by atoms with Gasteiger partial charge in [0, 0.05) is 50.0 Å². The second kappa shape index (κ2) is 15.3. The Labute approximate surface area is 366 Å². The molecule has 0 N–H and O–H groups in total. The zero-order valence-corrected chi connectivity index (χ0v) is 34.5. The predicted molar refractivity (Wildman–Crippen MR) is 266 cm³/mol. The Morgan fingerprint density at radius 1 is 0.222 bits per heavy atom. The van der Waals surface area contributed by atoms with E-state index in [2.05, 4.69) is 263 Å². The molecule has 0 bridgehead atoms. The highest BCUT2D eigenvalue weighted by molar-refractivity contribution is 6.12. The van der Waals surface area contributed by atoms with Crippen LogP contribution in [0.4, 0.5) is 17.1 Å². The van der Waals surface area contributed by atoms with Crippen LogP contribution in [-0.4, -0.2) is 9.13 Å². The van der Waals surface area contributed by atoms with Crippen LogP contribution in [0, 0.1) is 0 Å². The van der Waals surface area contributed by atoms with E-state index in [4.69, 9.17) is 0 Å². The topological polar surface area (TPSA) is 13.1 Å². The summed E-state index contributed by atoms with van der Waals surface area (Å²) in [7, 11) is 0. The number of nitrogens with zero attached hydrogens (tertiary/aromatic N) is 3. The molecular formula is C60H41N3. The van der Waals surface area contributed by atoms with Crippen molar-refractivity contribution in [2.24, 2.45) is 0 Å². The lowest BCUT2D eigenvalue weighted by atomic mass is 10.0. The SMILES string of the molecule is c1ccc(-c2ccc(-n3c4ccccc4c4ccc(N(c5ccccc5)c5ccc(-n6c7ccc(-c8ccccc8)cc7c7cc(-c8ccccc8)ccc76)cc5)cc43)cc2)cc1. The molecule has 0 unspecified atom stereocenters. The highest BCUT2D eigenvalue weighted by Gasteiger charge is 2.19. The van der Waals surface area contributed by atoms with Gasteiger partial charge in [0.05, 0.1) is 22.1 Å². The fourth-order valence-electron chi connectivity index (χ4n) is 9.51. The first-order valence-corrected chi connectivity index (χ1v) is 21.6. The summed E-state index contributed by atoms with van der Waals surface area (Å²) in [6, 6.07) is 90.1. The van der Waals surface area contributed by atoms with Crippen molar-refractivity contribution in [1.82, 2.24) is 9.13 Å². The van der Waals surface area contributed by atoms with Gasteiger partial charge in [-0.1, -0.05) is 158 Å². The van der Waals surface area contributed by atoms with E-state index in [-0.39, 0.29) is 0 Å². The second-order valence-corrected chi connectivity index (χ2v) is 16.2. The zero-order chi connectivity index (χ0) is 41.7. The maximum Gasteiger partial charge on any atom is 0.0561 e. The van der Waals surface area contributed by atoms with Gasteiger partial charge >= 0.3 is 0 Å². The van der Waals surface area contributed by atoms with Crippen LogP contribution in [0.15, 0.2) is 249 Å². The van der Waals surface area contributed by atoms with Crippen molar-refractivity contribution in [2.75, 3.05) is 4.90 Å². The Morgan fingerprint density at radius 3 is 1.17 bits per heavy atom. The molecule has 12 rings (SSSR count). The van der Waals surface area contributed by atoms with Crippen molar-refractivity contribution in [2.45, 2.75) is 0 Å². The molecule has 12 aromatic rings. The van der Waals surface area contributed by atoms with E-state index in [1.807, 2.05) is 0 Å². The second-order valence-electron chi connectivity index (χ2n) is 16.2. The van der Waals surface area contributed by atoms with Crippen LogP contribution in [0.25, 0.3) is 88.4 Å². The first-order chi connectivity index (χ1) is 31.2. The van der Waals surface area contributed by atoms with Crippen molar-refractivity contribution in [3.63, 3.8) is 0 Å². The number of para-hydroxylation sites is 2.